The summed E-state index contributed by atoms with van der Waals surface area (Å²) < 4.78 is 0. The lowest BCUT2D eigenvalue weighted by Gasteiger charge is -2.67. The maximum atomic E-state index is 4.88. The monoisotopic (exact) mass is 502 g/mol. The Hall–Kier alpha value is -2.86. The summed E-state index contributed by atoms with van der Waals surface area (Å²) in [7, 11) is 0. The highest BCUT2D eigenvalue weighted by Gasteiger charge is 2.64. The SMILES string of the molecule is C=C(C)C1=C(C)C[C@@]2(C)[C@H](C)[C@]3(C)C(=C(C)[C@@]2(C)C1=C)C(=C)c1c(cc(-c2ccccc2)c(C)c1C)[C@H]3C. The number of rotatable bonds is 2. The van der Waals surface area contributed by atoms with Gasteiger partial charge >= 0.3 is 0 Å². The molecule has 0 amide bonds. The van der Waals surface area contributed by atoms with Crippen LogP contribution in [0.1, 0.15) is 90.0 Å². The Morgan fingerprint density at radius 2 is 1.53 bits per heavy atom. The van der Waals surface area contributed by atoms with Crippen molar-refractivity contribution in [3.8, 4) is 11.1 Å². The maximum Gasteiger partial charge on any atom is 0.0196 e. The molecule has 0 aliphatic heterocycles. The van der Waals surface area contributed by atoms with E-state index in [1.165, 1.54) is 66.8 Å². The van der Waals surface area contributed by atoms with Gasteiger partial charge in [0.2, 0.25) is 0 Å². The van der Waals surface area contributed by atoms with Crippen LogP contribution in [-0.4, -0.2) is 0 Å². The van der Waals surface area contributed by atoms with E-state index in [4.69, 9.17) is 13.2 Å². The van der Waals surface area contributed by atoms with Crippen LogP contribution in [0.25, 0.3) is 16.7 Å². The van der Waals surface area contributed by atoms with Crippen molar-refractivity contribution in [1.82, 2.24) is 0 Å². The van der Waals surface area contributed by atoms with E-state index in [1.54, 1.807) is 0 Å². The van der Waals surface area contributed by atoms with Crippen LogP contribution < -0.4 is 0 Å². The maximum absolute atomic E-state index is 4.88. The molecule has 198 valence electrons. The third-order valence-electron chi connectivity index (χ3n) is 12.0. The molecule has 0 bridgehead atoms. The quantitative estimate of drug-likeness (QED) is 0.383. The lowest BCUT2D eigenvalue weighted by molar-refractivity contribution is -0.0260. The molecule has 0 saturated carbocycles. The average molecular weight is 503 g/mol. The van der Waals surface area contributed by atoms with Crippen LogP contribution in [-0.2, 0) is 0 Å². The van der Waals surface area contributed by atoms with E-state index >= 15 is 0 Å². The zero-order chi connectivity index (χ0) is 28.1. The second-order valence-corrected chi connectivity index (χ2v) is 13.3. The fourth-order valence-corrected chi connectivity index (χ4v) is 9.26. The van der Waals surface area contributed by atoms with Gasteiger partial charge in [0, 0.05) is 10.8 Å². The summed E-state index contributed by atoms with van der Waals surface area (Å²) in [4.78, 5) is 0. The summed E-state index contributed by atoms with van der Waals surface area (Å²) in [5.74, 6) is 0.796. The van der Waals surface area contributed by atoms with Gasteiger partial charge in [0.15, 0.2) is 0 Å². The van der Waals surface area contributed by atoms with E-state index in [0.29, 0.717) is 11.8 Å². The first-order valence-electron chi connectivity index (χ1n) is 14.3. The fraction of sp³-hybridized carbons (Fsp3) is 0.421. The summed E-state index contributed by atoms with van der Waals surface area (Å²) >= 11 is 0. The molecule has 0 spiro atoms. The molecule has 38 heavy (non-hydrogen) atoms. The topological polar surface area (TPSA) is 0 Å². The number of allylic oxidation sites excluding steroid dienone is 7. The largest absolute Gasteiger partial charge is 0.0955 e. The van der Waals surface area contributed by atoms with Crippen LogP contribution in [0.5, 0.6) is 0 Å². The van der Waals surface area contributed by atoms with Crippen molar-refractivity contribution in [3.63, 3.8) is 0 Å². The highest BCUT2D eigenvalue weighted by Crippen LogP contribution is 2.74. The minimum Gasteiger partial charge on any atom is -0.0955 e. The smallest absolute Gasteiger partial charge is 0.0196 e. The summed E-state index contributed by atoms with van der Waals surface area (Å²) in [5.41, 5.74) is 17.3. The summed E-state index contributed by atoms with van der Waals surface area (Å²) in [6.07, 6.45) is 1.07. The van der Waals surface area contributed by atoms with Crippen molar-refractivity contribution in [2.45, 2.75) is 81.6 Å². The lowest BCUT2D eigenvalue weighted by Crippen LogP contribution is -2.58. The van der Waals surface area contributed by atoms with Gasteiger partial charge in [0.1, 0.15) is 0 Å². The summed E-state index contributed by atoms with van der Waals surface area (Å²) in [5, 5.41) is 0. The molecule has 0 saturated heterocycles. The molecule has 5 atom stereocenters. The summed E-state index contributed by atoms with van der Waals surface area (Å²) in [6, 6.07) is 13.4. The van der Waals surface area contributed by atoms with Crippen LogP contribution in [0.3, 0.4) is 0 Å². The highest BCUT2D eigenvalue weighted by molar-refractivity contribution is 5.90. The average Bonchev–Trinajstić information content (AvgIpc) is 2.86. The molecule has 0 radical (unpaired) electrons. The van der Waals surface area contributed by atoms with Crippen molar-refractivity contribution in [2.24, 2.45) is 22.2 Å². The van der Waals surface area contributed by atoms with Crippen molar-refractivity contribution in [1.29, 1.82) is 0 Å². The molecule has 5 rings (SSSR count). The molecule has 0 N–H and O–H groups in total. The minimum atomic E-state index is -0.151. The van der Waals surface area contributed by atoms with Gasteiger partial charge in [0.05, 0.1) is 0 Å². The fourth-order valence-electron chi connectivity index (χ4n) is 9.26. The second-order valence-electron chi connectivity index (χ2n) is 13.3. The predicted octanol–water partition coefficient (Wildman–Crippen LogP) is 10.9. The zero-order valence-electron chi connectivity index (χ0n) is 25.4. The van der Waals surface area contributed by atoms with Gasteiger partial charge in [0.25, 0.3) is 0 Å². The van der Waals surface area contributed by atoms with Crippen LogP contribution in [0.15, 0.2) is 89.6 Å². The lowest BCUT2D eigenvalue weighted by atomic mass is 9.36. The van der Waals surface area contributed by atoms with Gasteiger partial charge in [-0.05, 0) is 120 Å². The Morgan fingerprint density at radius 3 is 2.11 bits per heavy atom. The molecule has 0 heteroatoms. The van der Waals surface area contributed by atoms with Crippen molar-refractivity contribution >= 4 is 5.57 Å². The molecule has 0 heterocycles. The normalized spacial score (nSPS) is 32.7. The third-order valence-corrected chi connectivity index (χ3v) is 12.0. The molecular weight excluding hydrogens is 456 g/mol. The molecule has 0 nitrogen and oxygen atoms in total. The van der Waals surface area contributed by atoms with E-state index in [9.17, 15) is 0 Å². The number of benzene rings is 2. The van der Waals surface area contributed by atoms with E-state index < -0.39 is 0 Å². The van der Waals surface area contributed by atoms with Crippen molar-refractivity contribution in [2.75, 3.05) is 0 Å². The van der Waals surface area contributed by atoms with Crippen LogP contribution >= 0.6 is 0 Å². The Balaban J connectivity index is 1.84. The van der Waals surface area contributed by atoms with Crippen LogP contribution in [0, 0.1) is 36.0 Å². The molecule has 0 aromatic heterocycles. The minimum absolute atomic E-state index is 0.0284. The molecule has 2 aromatic rings. The highest BCUT2D eigenvalue weighted by atomic mass is 14.7. The van der Waals surface area contributed by atoms with Crippen LogP contribution in [0.4, 0.5) is 0 Å². The van der Waals surface area contributed by atoms with Gasteiger partial charge in [-0.2, -0.15) is 0 Å². The number of hydrogen-bond donors (Lipinski definition) is 0. The van der Waals surface area contributed by atoms with Crippen LogP contribution in [0.2, 0.25) is 0 Å². The number of hydrogen-bond acceptors (Lipinski definition) is 0. The third kappa shape index (κ3) is 2.98. The molecule has 3 aliphatic rings. The van der Waals surface area contributed by atoms with Gasteiger partial charge in [-0.25, -0.2) is 0 Å². The summed E-state index contributed by atoms with van der Waals surface area (Å²) in [6.45, 7) is 38.0. The van der Waals surface area contributed by atoms with Gasteiger partial charge < -0.3 is 0 Å². The Bertz CT molecular complexity index is 1490. The Labute approximate surface area is 232 Å². The molecule has 0 fully saturated rings. The number of fused-ring (bicyclic) bond motifs is 3. The van der Waals surface area contributed by atoms with E-state index in [1.807, 2.05) is 0 Å². The van der Waals surface area contributed by atoms with E-state index in [-0.39, 0.29) is 16.2 Å². The standard InChI is InChI=1S/C38H46/c1-21(2)33-22(3)20-36(11)29(10)37(12)26(7)32-19-31(30-17-15-14-16-18-30)23(4)24(5)34(32)25(6)35(37)28(9)38(36,13)27(33)8/h14-19,26,29H,1,6,8,20H2,2-5,7,9-13H3/t26-,29+,36+,37-,38-/m1/s1. The first-order valence-corrected chi connectivity index (χ1v) is 14.3. The van der Waals surface area contributed by atoms with Crippen molar-refractivity contribution in [3.05, 3.63) is 112 Å². The second kappa shape index (κ2) is 8.32. The van der Waals surface area contributed by atoms with Gasteiger partial charge in [-0.3, -0.25) is 0 Å². The van der Waals surface area contributed by atoms with E-state index in [2.05, 4.69) is 112 Å². The van der Waals surface area contributed by atoms with Gasteiger partial charge in [-0.15, -0.1) is 0 Å². The molecule has 3 aliphatic carbocycles. The van der Waals surface area contributed by atoms with Crippen molar-refractivity contribution < 1.29 is 0 Å². The molecular formula is C38H46. The first-order chi connectivity index (χ1) is 17.7. The zero-order valence-corrected chi connectivity index (χ0v) is 25.4. The van der Waals surface area contributed by atoms with Gasteiger partial charge in [-0.1, -0.05) is 101 Å². The first kappa shape index (κ1) is 26.7. The Kier molecular flexibility index (Phi) is 5.85. The molecule has 2 aromatic carbocycles. The Morgan fingerprint density at radius 1 is 0.921 bits per heavy atom. The van der Waals surface area contributed by atoms with E-state index in [0.717, 1.165) is 12.0 Å². The molecule has 0 unspecified atom stereocenters. The predicted molar refractivity (Wildman–Crippen MR) is 166 cm³/mol.